The van der Waals surface area contributed by atoms with Crippen LogP contribution in [0, 0.1) is 0 Å². The highest BCUT2D eigenvalue weighted by atomic mass is 32.2. The van der Waals surface area contributed by atoms with Gasteiger partial charge in [-0.25, -0.2) is 34.3 Å². The first kappa shape index (κ1) is 31.9. The zero-order valence-electron chi connectivity index (χ0n) is 20.8. The number of hydrogen-bond acceptors (Lipinski definition) is 9. The Balaban J connectivity index is 0.00000134. The molecular formula is C25H25F3N4O7S. The van der Waals surface area contributed by atoms with Crippen LogP contribution in [0.15, 0.2) is 83.8 Å². The zero-order chi connectivity index (χ0) is 30.1. The molecule has 0 aliphatic heterocycles. The van der Waals surface area contributed by atoms with Crippen LogP contribution in [0.2, 0.25) is 0 Å². The summed E-state index contributed by atoms with van der Waals surface area (Å²) in [6.45, 7) is -0.269. The Bertz CT molecular complexity index is 1540. The lowest BCUT2D eigenvalue weighted by Crippen LogP contribution is -2.33. The fraction of sp³-hybridized carbons (Fsp3) is 0.120. The molecule has 0 saturated carbocycles. The Morgan fingerprint density at radius 1 is 0.950 bits per heavy atom. The number of carbonyl (C=O) groups is 1. The van der Waals surface area contributed by atoms with E-state index in [0.717, 1.165) is 28.6 Å². The molecule has 214 valence electrons. The number of sulfonamides is 1. The molecule has 0 unspecified atom stereocenters. The number of rotatable bonds is 7. The molecule has 3 aromatic carbocycles. The summed E-state index contributed by atoms with van der Waals surface area (Å²) in [7, 11) is -2.94. The van der Waals surface area contributed by atoms with Gasteiger partial charge in [0.1, 0.15) is 11.3 Å². The van der Waals surface area contributed by atoms with Gasteiger partial charge in [-0.15, -0.1) is 0 Å². The number of hydrogen-bond donors (Lipinski definition) is 5. The number of aromatic carboxylic acids is 1. The number of aromatic nitrogens is 1. The highest BCUT2D eigenvalue weighted by Crippen LogP contribution is 2.34. The number of alkyl halides is 3. The summed E-state index contributed by atoms with van der Waals surface area (Å²) >= 11 is 0. The van der Waals surface area contributed by atoms with E-state index < -0.39 is 39.1 Å². The molecule has 0 atom stereocenters. The minimum atomic E-state index is -4.65. The number of nitrogens with two attached hydrogens (primary N) is 2. The first-order chi connectivity index (χ1) is 19.0. The van der Waals surface area contributed by atoms with E-state index in [4.69, 9.17) is 15.2 Å². The fourth-order valence-electron chi connectivity index (χ4n) is 3.59. The SMILES string of the molecule is COc1ccc(S(=O)(=O)N(Cc2ccccc2)c2nc3ccc(C(F)(F)F)cc3cc2C(=O)O)cc1.NO.NO. The molecule has 40 heavy (non-hydrogen) atoms. The first-order valence-corrected chi connectivity index (χ1v) is 12.4. The lowest BCUT2D eigenvalue weighted by atomic mass is 10.1. The number of nitrogens with zero attached hydrogens (tertiary/aromatic N) is 2. The normalized spacial score (nSPS) is 11.0. The number of methoxy groups -OCH3 is 1. The summed E-state index contributed by atoms with van der Waals surface area (Å²) in [4.78, 5) is 16.2. The van der Waals surface area contributed by atoms with Crippen LogP contribution in [0.1, 0.15) is 21.5 Å². The van der Waals surface area contributed by atoms with E-state index in [1.807, 2.05) is 0 Å². The summed E-state index contributed by atoms with van der Waals surface area (Å²) in [6, 6.07) is 17.6. The molecule has 0 spiro atoms. The second-order valence-corrected chi connectivity index (χ2v) is 9.61. The Kier molecular flexibility index (Phi) is 10.9. The fourth-order valence-corrected chi connectivity index (χ4v) is 5.01. The van der Waals surface area contributed by atoms with Gasteiger partial charge in [-0.1, -0.05) is 30.3 Å². The molecule has 0 fully saturated rings. The van der Waals surface area contributed by atoms with Crippen LogP contribution in [0.25, 0.3) is 10.9 Å². The van der Waals surface area contributed by atoms with Gasteiger partial charge >= 0.3 is 12.1 Å². The predicted molar refractivity (Wildman–Crippen MR) is 138 cm³/mol. The second-order valence-electron chi connectivity index (χ2n) is 7.74. The van der Waals surface area contributed by atoms with E-state index >= 15 is 0 Å². The van der Waals surface area contributed by atoms with Gasteiger partial charge in [0, 0.05) is 5.39 Å². The summed E-state index contributed by atoms with van der Waals surface area (Å²) in [5.74, 6) is 5.45. The molecule has 0 aliphatic carbocycles. The second kappa shape index (κ2) is 13.7. The first-order valence-electron chi connectivity index (χ1n) is 11.0. The molecule has 11 nitrogen and oxygen atoms in total. The van der Waals surface area contributed by atoms with Crippen molar-refractivity contribution >= 4 is 32.7 Å². The summed E-state index contributed by atoms with van der Waals surface area (Å²) in [5.41, 5.74) is -0.992. The van der Waals surface area contributed by atoms with Gasteiger partial charge in [0.2, 0.25) is 0 Å². The summed E-state index contributed by atoms with van der Waals surface area (Å²) in [6.07, 6.45) is -4.65. The van der Waals surface area contributed by atoms with Crippen molar-refractivity contribution in [1.82, 2.24) is 4.98 Å². The molecule has 0 saturated heterocycles. The van der Waals surface area contributed by atoms with Crippen LogP contribution in [0.4, 0.5) is 19.0 Å². The smallest absolute Gasteiger partial charge is 0.416 e. The van der Waals surface area contributed by atoms with Crippen molar-refractivity contribution in [3.63, 3.8) is 0 Å². The van der Waals surface area contributed by atoms with Crippen molar-refractivity contribution in [3.05, 3.63) is 95.6 Å². The van der Waals surface area contributed by atoms with Crippen molar-refractivity contribution < 1.29 is 46.6 Å². The summed E-state index contributed by atoms with van der Waals surface area (Å²) in [5, 5.41) is 22.8. The number of ether oxygens (including phenoxy) is 1. The van der Waals surface area contributed by atoms with Crippen LogP contribution in [-0.4, -0.2) is 42.0 Å². The zero-order valence-corrected chi connectivity index (χ0v) is 21.6. The molecular weight excluding hydrogens is 557 g/mol. The van der Waals surface area contributed by atoms with Gasteiger partial charge in [-0.3, -0.25) is 0 Å². The van der Waals surface area contributed by atoms with E-state index in [9.17, 15) is 31.5 Å². The van der Waals surface area contributed by atoms with Gasteiger partial charge in [-0.05, 0) is 54.1 Å². The van der Waals surface area contributed by atoms with E-state index in [0.29, 0.717) is 11.3 Å². The third-order valence-corrected chi connectivity index (χ3v) is 7.16. The van der Waals surface area contributed by atoms with E-state index in [1.54, 1.807) is 30.3 Å². The van der Waals surface area contributed by atoms with Crippen molar-refractivity contribution in [2.75, 3.05) is 11.4 Å². The summed E-state index contributed by atoms with van der Waals surface area (Å²) < 4.78 is 73.0. The minimum absolute atomic E-state index is 0.00555. The van der Waals surface area contributed by atoms with Crippen LogP contribution < -0.4 is 20.8 Å². The number of pyridine rings is 1. The van der Waals surface area contributed by atoms with Crippen molar-refractivity contribution in [1.29, 1.82) is 0 Å². The topological polar surface area (TPSA) is 189 Å². The van der Waals surface area contributed by atoms with Crippen LogP contribution in [0.3, 0.4) is 0 Å². The Morgan fingerprint density at radius 2 is 1.55 bits per heavy atom. The van der Waals surface area contributed by atoms with Crippen molar-refractivity contribution in [3.8, 4) is 5.75 Å². The molecule has 7 N–H and O–H groups in total. The number of fused-ring (bicyclic) bond motifs is 1. The van der Waals surface area contributed by atoms with Gasteiger partial charge in [0.25, 0.3) is 10.0 Å². The Hall–Kier alpha value is -4.28. The maximum atomic E-state index is 13.7. The van der Waals surface area contributed by atoms with Gasteiger partial charge in [-0.2, -0.15) is 13.2 Å². The molecule has 0 bridgehead atoms. The highest BCUT2D eigenvalue weighted by molar-refractivity contribution is 7.92. The number of benzene rings is 3. The van der Waals surface area contributed by atoms with Crippen molar-refractivity contribution in [2.24, 2.45) is 11.8 Å². The Morgan fingerprint density at radius 3 is 2.08 bits per heavy atom. The van der Waals surface area contributed by atoms with E-state index in [1.165, 1.54) is 31.4 Å². The largest absolute Gasteiger partial charge is 0.497 e. The third-order valence-electron chi connectivity index (χ3n) is 5.41. The third kappa shape index (κ3) is 7.22. The molecule has 4 rings (SSSR count). The number of anilines is 1. The van der Waals surface area contributed by atoms with Gasteiger partial charge in [0.15, 0.2) is 5.82 Å². The van der Waals surface area contributed by atoms with Gasteiger partial charge in [0.05, 0.1) is 29.6 Å². The molecule has 1 aromatic heterocycles. The Labute approximate surface area is 226 Å². The number of carboxylic acids is 1. The number of halogens is 3. The number of carboxylic acid groups (broad SMARTS) is 1. The maximum Gasteiger partial charge on any atom is 0.416 e. The van der Waals surface area contributed by atoms with Crippen LogP contribution in [0.5, 0.6) is 5.75 Å². The van der Waals surface area contributed by atoms with Crippen LogP contribution >= 0.6 is 0 Å². The van der Waals surface area contributed by atoms with Crippen molar-refractivity contribution in [2.45, 2.75) is 17.6 Å². The maximum absolute atomic E-state index is 13.7. The molecule has 1 heterocycles. The lowest BCUT2D eigenvalue weighted by Gasteiger charge is -2.25. The minimum Gasteiger partial charge on any atom is -0.497 e. The standard InChI is InChI=1S/C25H19F3N2O5S.2H3NO/c1-35-19-8-10-20(11-9-19)36(33,34)30(15-16-5-3-2-4-6-16)23-21(24(31)32)14-17-13-18(25(26,27)28)7-12-22(17)29-23;2*1-2/h2-14H,15H2,1H3,(H,31,32);2*2H,1H2. The van der Waals surface area contributed by atoms with E-state index in [2.05, 4.69) is 16.8 Å². The van der Waals surface area contributed by atoms with Crippen LogP contribution in [-0.2, 0) is 22.7 Å². The average molecular weight is 583 g/mol. The monoisotopic (exact) mass is 582 g/mol. The van der Waals surface area contributed by atoms with Gasteiger partial charge < -0.3 is 20.3 Å². The van der Waals surface area contributed by atoms with E-state index in [-0.39, 0.29) is 22.3 Å². The quantitative estimate of drug-likeness (QED) is 0.199. The molecule has 0 aliphatic rings. The molecule has 0 radical (unpaired) electrons. The lowest BCUT2D eigenvalue weighted by molar-refractivity contribution is -0.137. The molecule has 15 heteroatoms. The predicted octanol–water partition coefficient (Wildman–Crippen LogP) is 4.02. The highest BCUT2D eigenvalue weighted by Gasteiger charge is 2.33. The molecule has 0 amide bonds. The molecule has 4 aromatic rings. The average Bonchev–Trinajstić information content (AvgIpc) is 2.97.